The van der Waals surface area contributed by atoms with Gasteiger partial charge in [0.2, 0.25) is 5.91 Å². The van der Waals surface area contributed by atoms with Crippen molar-refractivity contribution in [3.63, 3.8) is 0 Å². The van der Waals surface area contributed by atoms with E-state index in [1.807, 2.05) is 0 Å². The minimum Gasteiger partial charge on any atom is -0.339 e. The van der Waals surface area contributed by atoms with Crippen LogP contribution in [0.15, 0.2) is 0 Å². The highest BCUT2D eigenvalue weighted by atomic mass is 16.2. The van der Waals surface area contributed by atoms with Gasteiger partial charge in [0.1, 0.15) is 0 Å². The van der Waals surface area contributed by atoms with Gasteiger partial charge in [-0.05, 0) is 43.6 Å². The molecule has 1 atom stereocenters. The van der Waals surface area contributed by atoms with Crippen LogP contribution in [-0.4, -0.2) is 29.9 Å². The van der Waals surface area contributed by atoms with Crippen molar-refractivity contribution in [3.05, 3.63) is 0 Å². The lowest BCUT2D eigenvalue weighted by molar-refractivity contribution is -0.130. The fraction of sp³-hybridized carbons (Fsp3) is 0.923. The Morgan fingerprint density at radius 3 is 2.50 bits per heavy atom. The van der Waals surface area contributed by atoms with Gasteiger partial charge in [-0.25, -0.2) is 0 Å². The number of rotatable bonds is 2. The third kappa shape index (κ3) is 2.40. The van der Waals surface area contributed by atoms with Crippen molar-refractivity contribution in [2.75, 3.05) is 13.1 Å². The van der Waals surface area contributed by atoms with Crippen LogP contribution in [-0.2, 0) is 4.79 Å². The van der Waals surface area contributed by atoms with Crippen LogP contribution in [0.3, 0.4) is 0 Å². The molecule has 0 aromatic heterocycles. The minimum atomic E-state index is 0.333. The Bertz CT molecular complexity index is 265. The number of hydrogen-bond acceptors (Lipinski definition) is 2. The fourth-order valence-electron chi connectivity index (χ4n) is 3.02. The fourth-order valence-corrected chi connectivity index (χ4v) is 3.02. The first kappa shape index (κ1) is 11.9. The van der Waals surface area contributed by atoms with Crippen molar-refractivity contribution in [1.29, 1.82) is 0 Å². The second kappa shape index (κ2) is 4.36. The van der Waals surface area contributed by atoms with Crippen molar-refractivity contribution in [2.24, 2.45) is 17.1 Å². The average Bonchev–Trinajstić information content (AvgIpc) is 2.60. The van der Waals surface area contributed by atoms with E-state index in [0.29, 0.717) is 36.2 Å². The number of amides is 1. The molecule has 1 amide bonds. The topological polar surface area (TPSA) is 46.3 Å². The Labute approximate surface area is 98.4 Å². The molecule has 3 nitrogen and oxygen atoms in total. The van der Waals surface area contributed by atoms with Gasteiger partial charge in [0.05, 0.1) is 0 Å². The van der Waals surface area contributed by atoms with E-state index in [1.165, 1.54) is 25.7 Å². The zero-order valence-electron chi connectivity index (χ0n) is 10.5. The van der Waals surface area contributed by atoms with Crippen LogP contribution in [0.4, 0.5) is 0 Å². The highest BCUT2D eigenvalue weighted by Gasteiger charge is 2.36. The Balaban J connectivity index is 1.92. The summed E-state index contributed by atoms with van der Waals surface area (Å²) < 4.78 is 0. The molecule has 1 saturated heterocycles. The van der Waals surface area contributed by atoms with E-state index < -0.39 is 0 Å². The first-order chi connectivity index (χ1) is 7.52. The van der Waals surface area contributed by atoms with Crippen LogP contribution in [0.5, 0.6) is 0 Å². The lowest BCUT2D eigenvalue weighted by Gasteiger charge is -2.38. The molecule has 16 heavy (non-hydrogen) atoms. The van der Waals surface area contributed by atoms with E-state index in [-0.39, 0.29) is 0 Å². The van der Waals surface area contributed by atoms with Gasteiger partial charge in [0, 0.05) is 19.0 Å². The van der Waals surface area contributed by atoms with Gasteiger partial charge >= 0.3 is 0 Å². The Morgan fingerprint density at radius 2 is 2.00 bits per heavy atom. The van der Waals surface area contributed by atoms with Gasteiger partial charge in [-0.2, -0.15) is 0 Å². The molecule has 1 aliphatic carbocycles. The van der Waals surface area contributed by atoms with Gasteiger partial charge < -0.3 is 10.6 Å². The van der Waals surface area contributed by atoms with Gasteiger partial charge in [0.25, 0.3) is 0 Å². The molecule has 2 aliphatic rings. The molecule has 2 fully saturated rings. The van der Waals surface area contributed by atoms with E-state index in [1.54, 1.807) is 0 Å². The maximum absolute atomic E-state index is 11.9. The molecule has 0 bridgehead atoms. The number of nitrogens with zero attached hydrogens (tertiary/aromatic N) is 1. The number of carbonyl (C=O) groups is 1. The summed E-state index contributed by atoms with van der Waals surface area (Å²) in [6.07, 6.45) is 5.52. The van der Waals surface area contributed by atoms with Crippen molar-refractivity contribution < 1.29 is 4.79 Å². The second-order valence-electron chi connectivity index (χ2n) is 6.25. The lowest BCUT2D eigenvalue weighted by atomic mass is 9.75. The molecule has 0 radical (unpaired) electrons. The third-order valence-electron chi connectivity index (χ3n) is 4.32. The second-order valence-corrected chi connectivity index (χ2v) is 6.25. The van der Waals surface area contributed by atoms with Crippen LogP contribution in [0.25, 0.3) is 0 Å². The summed E-state index contributed by atoms with van der Waals surface area (Å²) in [4.78, 5) is 14.0. The number of hydrogen-bond donors (Lipinski definition) is 1. The van der Waals surface area contributed by atoms with Crippen LogP contribution in [0.2, 0.25) is 0 Å². The van der Waals surface area contributed by atoms with E-state index in [9.17, 15) is 4.79 Å². The molecule has 3 heteroatoms. The monoisotopic (exact) mass is 224 g/mol. The van der Waals surface area contributed by atoms with Crippen LogP contribution >= 0.6 is 0 Å². The normalized spacial score (nSPS) is 31.1. The smallest absolute Gasteiger partial charge is 0.223 e. The maximum Gasteiger partial charge on any atom is 0.223 e. The molecule has 0 aromatic carbocycles. The zero-order valence-corrected chi connectivity index (χ0v) is 10.5. The molecule has 92 valence electrons. The molecular weight excluding hydrogens is 200 g/mol. The summed E-state index contributed by atoms with van der Waals surface area (Å²) in [5, 5.41) is 0. The van der Waals surface area contributed by atoms with Gasteiger partial charge in [0.15, 0.2) is 0 Å². The summed E-state index contributed by atoms with van der Waals surface area (Å²) in [6.45, 7) is 6.22. The van der Waals surface area contributed by atoms with Crippen molar-refractivity contribution in [2.45, 2.75) is 52.0 Å². The summed E-state index contributed by atoms with van der Waals surface area (Å²) in [5.41, 5.74) is 6.13. The SMILES string of the molecule is CC1(C)CCC(N2CC(CN)CC2=O)CC1. The zero-order chi connectivity index (χ0) is 11.8. The molecule has 1 heterocycles. The van der Waals surface area contributed by atoms with Crippen molar-refractivity contribution >= 4 is 5.91 Å². The maximum atomic E-state index is 11.9. The van der Waals surface area contributed by atoms with E-state index in [2.05, 4.69) is 18.7 Å². The Kier molecular flexibility index (Phi) is 3.24. The van der Waals surface area contributed by atoms with Crippen molar-refractivity contribution in [3.8, 4) is 0 Å². The number of likely N-dealkylation sites (tertiary alicyclic amines) is 1. The van der Waals surface area contributed by atoms with Crippen LogP contribution < -0.4 is 5.73 Å². The minimum absolute atomic E-state index is 0.333. The lowest BCUT2D eigenvalue weighted by Crippen LogP contribution is -2.40. The van der Waals surface area contributed by atoms with Crippen LogP contribution in [0, 0.1) is 11.3 Å². The predicted molar refractivity (Wildman–Crippen MR) is 64.9 cm³/mol. The highest BCUT2D eigenvalue weighted by Crippen LogP contribution is 2.38. The molecule has 0 spiro atoms. The van der Waals surface area contributed by atoms with Crippen molar-refractivity contribution in [1.82, 2.24) is 4.90 Å². The quantitative estimate of drug-likeness (QED) is 0.777. The van der Waals surface area contributed by atoms with E-state index >= 15 is 0 Å². The molecule has 1 unspecified atom stereocenters. The van der Waals surface area contributed by atoms with E-state index in [0.717, 1.165) is 6.54 Å². The molecule has 1 aliphatic heterocycles. The largest absolute Gasteiger partial charge is 0.339 e. The molecule has 2 rings (SSSR count). The average molecular weight is 224 g/mol. The standard InChI is InChI=1S/C13H24N2O/c1-13(2)5-3-11(4-6-13)15-9-10(8-14)7-12(15)16/h10-11H,3-9,14H2,1-2H3. The predicted octanol–water partition coefficient (Wildman–Crippen LogP) is 1.76. The molecular formula is C13H24N2O. The van der Waals surface area contributed by atoms with E-state index in [4.69, 9.17) is 5.73 Å². The highest BCUT2D eigenvalue weighted by molar-refractivity contribution is 5.79. The molecule has 2 N–H and O–H groups in total. The van der Waals surface area contributed by atoms with Gasteiger partial charge in [-0.1, -0.05) is 13.8 Å². The first-order valence-electron chi connectivity index (χ1n) is 6.51. The number of nitrogens with two attached hydrogens (primary N) is 1. The summed E-state index contributed by atoms with van der Waals surface area (Å²) in [7, 11) is 0. The summed E-state index contributed by atoms with van der Waals surface area (Å²) >= 11 is 0. The summed E-state index contributed by atoms with van der Waals surface area (Å²) in [6, 6.07) is 0.497. The third-order valence-corrected chi connectivity index (χ3v) is 4.32. The number of carbonyl (C=O) groups excluding carboxylic acids is 1. The molecule has 1 saturated carbocycles. The Morgan fingerprint density at radius 1 is 1.38 bits per heavy atom. The molecule has 0 aromatic rings. The van der Waals surface area contributed by atoms with Gasteiger partial charge in [-0.3, -0.25) is 4.79 Å². The van der Waals surface area contributed by atoms with Crippen LogP contribution in [0.1, 0.15) is 46.0 Å². The summed E-state index contributed by atoms with van der Waals surface area (Å²) in [5.74, 6) is 0.739. The van der Waals surface area contributed by atoms with Gasteiger partial charge in [-0.15, -0.1) is 0 Å². The Hall–Kier alpha value is -0.570. The first-order valence-corrected chi connectivity index (χ1v) is 6.51.